The Morgan fingerprint density at radius 3 is 2.41 bits per heavy atom. The van der Waals surface area contributed by atoms with Crippen LogP contribution in [0.4, 0.5) is 0 Å². The average molecular weight is 671 g/mol. The van der Waals surface area contributed by atoms with E-state index in [9.17, 15) is 14.4 Å². The summed E-state index contributed by atoms with van der Waals surface area (Å²) in [5.74, 6) is 1.07. The smallest absolute Gasteiger partial charge is 0.336 e. The highest BCUT2D eigenvalue weighted by atomic mass is 32.2. The number of oxime groups is 1. The first-order valence-electron chi connectivity index (χ1n) is 17.5. The minimum atomic E-state index is -0.426. The molecule has 5 aliphatic carbocycles. The number of nitrogens with zero attached hydrogens (tertiary/aromatic N) is 2. The molecule has 6 aliphatic rings. The number of carbonyl (C=O) groups excluding carboxylic acids is 3. The minimum absolute atomic E-state index is 0.00689. The topological polar surface area (TPSA) is 85.3 Å². The summed E-state index contributed by atoms with van der Waals surface area (Å²) in [6, 6.07) is 0. The van der Waals surface area contributed by atoms with Crippen LogP contribution in [-0.2, 0) is 24.0 Å². The van der Waals surface area contributed by atoms with E-state index in [1.165, 1.54) is 16.7 Å². The monoisotopic (exact) mass is 670 g/mol. The number of hydrogen-bond donors (Lipinski definition) is 0. The van der Waals surface area contributed by atoms with Crippen molar-refractivity contribution in [1.29, 1.82) is 0 Å². The molecule has 6 rings (SSSR count). The first-order chi connectivity index (χ1) is 21.4. The van der Waals surface area contributed by atoms with E-state index in [4.69, 9.17) is 21.8 Å². The second-order valence-corrected chi connectivity index (χ2v) is 19.0. The standard InChI is InChI=1S/C37H54N2O5S2/c1-32(2)16-18-37(30(42)43-8)19-17-35(6)23(24(37)21-32)9-10-26-34(5)14-12-27(33(3,4)25(34)11-15-36(26,35)7)38-44-29(41)13-20-39-28(40)22-46-31(39)45/h9,24-26H,10-22H2,1-8H3/b38-27+/t24?,25?,26?,34-,35+,36+,37-/m0/s1. The lowest BCUT2D eigenvalue weighted by Crippen LogP contribution is -2.64. The maximum absolute atomic E-state index is 13.5. The molecule has 0 bridgehead atoms. The lowest BCUT2D eigenvalue weighted by Gasteiger charge is -2.70. The van der Waals surface area contributed by atoms with Crippen LogP contribution in [0.25, 0.3) is 0 Å². The van der Waals surface area contributed by atoms with E-state index < -0.39 is 5.97 Å². The molecule has 1 amide bonds. The van der Waals surface area contributed by atoms with E-state index in [-0.39, 0.29) is 63.2 Å². The molecule has 1 heterocycles. The zero-order valence-corrected chi connectivity index (χ0v) is 30.9. The highest BCUT2D eigenvalue weighted by molar-refractivity contribution is 8.23. The quantitative estimate of drug-likeness (QED) is 0.0961. The predicted octanol–water partition coefficient (Wildman–Crippen LogP) is 8.11. The number of ether oxygens (including phenoxy) is 1. The SMILES string of the molecule is COC(=O)[C@]12CCC(C)(C)CC1C1=CCC3[C@@]4(C)CC/C(=N\OC(=O)CCN5C(=O)CSC5=S)C(C)(C)C4CC[C@@]3(C)[C@]1(C)CC2. The molecule has 7 nitrogen and oxygen atoms in total. The summed E-state index contributed by atoms with van der Waals surface area (Å²) in [4.78, 5) is 45.2. The van der Waals surface area contributed by atoms with Gasteiger partial charge in [-0.3, -0.25) is 14.5 Å². The van der Waals surface area contributed by atoms with E-state index in [0.29, 0.717) is 21.9 Å². The molecule has 0 spiro atoms. The molecule has 9 heteroatoms. The number of carbonyl (C=O) groups is 3. The van der Waals surface area contributed by atoms with E-state index in [1.54, 1.807) is 12.7 Å². The van der Waals surface area contributed by atoms with Crippen LogP contribution in [0, 0.1) is 50.2 Å². The van der Waals surface area contributed by atoms with Gasteiger partial charge in [0.25, 0.3) is 0 Å². The first kappa shape index (κ1) is 34.1. The van der Waals surface area contributed by atoms with E-state index in [2.05, 4.69) is 59.7 Å². The molecular formula is C37H54N2O5S2. The molecule has 46 heavy (non-hydrogen) atoms. The summed E-state index contributed by atoms with van der Waals surface area (Å²) in [7, 11) is 1.57. The highest BCUT2D eigenvalue weighted by Gasteiger charge is 2.69. The molecule has 254 valence electrons. The predicted molar refractivity (Wildman–Crippen MR) is 186 cm³/mol. The fourth-order valence-corrected chi connectivity index (χ4v) is 12.9. The third kappa shape index (κ3) is 4.97. The molecule has 0 radical (unpaired) electrons. The van der Waals surface area contributed by atoms with Gasteiger partial charge in [-0.15, -0.1) is 0 Å². The summed E-state index contributed by atoms with van der Waals surface area (Å²) in [6.45, 7) is 17.2. The molecular weight excluding hydrogens is 617 g/mol. The molecule has 0 N–H and O–H groups in total. The zero-order chi connectivity index (χ0) is 33.5. The van der Waals surface area contributed by atoms with Crippen LogP contribution in [0.3, 0.4) is 0 Å². The summed E-state index contributed by atoms with van der Waals surface area (Å²) < 4.78 is 6.06. The molecule has 1 aliphatic heterocycles. The van der Waals surface area contributed by atoms with Gasteiger partial charge in [-0.2, -0.15) is 0 Å². The summed E-state index contributed by atoms with van der Waals surface area (Å²) >= 11 is 6.58. The van der Waals surface area contributed by atoms with Crippen molar-refractivity contribution < 1.29 is 24.0 Å². The van der Waals surface area contributed by atoms with Crippen LogP contribution in [0.2, 0.25) is 0 Å². The second kappa shape index (κ2) is 11.4. The van der Waals surface area contributed by atoms with Gasteiger partial charge < -0.3 is 9.57 Å². The van der Waals surface area contributed by atoms with Gasteiger partial charge >= 0.3 is 11.9 Å². The van der Waals surface area contributed by atoms with Crippen molar-refractivity contribution in [3.05, 3.63) is 11.6 Å². The molecule has 0 aromatic rings. The van der Waals surface area contributed by atoms with Crippen molar-refractivity contribution in [2.75, 3.05) is 19.4 Å². The lowest BCUT2D eigenvalue weighted by atomic mass is 9.33. The van der Waals surface area contributed by atoms with Crippen molar-refractivity contribution in [2.24, 2.45) is 55.4 Å². The van der Waals surface area contributed by atoms with Gasteiger partial charge in [-0.1, -0.05) is 89.3 Å². The average Bonchev–Trinajstić information content (AvgIpc) is 3.31. The van der Waals surface area contributed by atoms with Gasteiger partial charge in [-0.25, -0.2) is 4.79 Å². The van der Waals surface area contributed by atoms with Crippen LogP contribution in [0.1, 0.15) is 119 Å². The van der Waals surface area contributed by atoms with E-state index in [1.807, 2.05) is 0 Å². The van der Waals surface area contributed by atoms with Gasteiger partial charge in [0, 0.05) is 12.0 Å². The van der Waals surface area contributed by atoms with Crippen molar-refractivity contribution in [1.82, 2.24) is 4.90 Å². The zero-order valence-electron chi connectivity index (χ0n) is 29.3. The number of methoxy groups -OCH3 is 1. The van der Waals surface area contributed by atoms with E-state index in [0.717, 1.165) is 69.9 Å². The number of hydrogen-bond acceptors (Lipinski definition) is 8. The van der Waals surface area contributed by atoms with Crippen LogP contribution >= 0.6 is 24.0 Å². The normalized spacial score (nSPS) is 41.9. The van der Waals surface area contributed by atoms with E-state index >= 15 is 0 Å². The maximum Gasteiger partial charge on any atom is 0.336 e. The Labute approximate surface area is 285 Å². The molecule has 0 aromatic carbocycles. The highest BCUT2D eigenvalue weighted by Crippen LogP contribution is 2.75. The van der Waals surface area contributed by atoms with Gasteiger partial charge in [0.2, 0.25) is 5.91 Å². The fourth-order valence-electron chi connectivity index (χ4n) is 11.7. The third-order valence-corrected chi connectivity index (χ3v) is 16.1. The Bertz CT molecular complexity index is 1390. The summed E-state index contributed by atoms with van der Waals surface area (Å²) in [5.41, 5.74) is 2.45. The number of allylic oxidation sites excluding steroid dienone is 2. The first-order valence-corrected chi connectivity index (χ1v) is 18.9. The summed E-state index contributed by atoms with van der Waals surface area (Å²) in [5, 5.41) is 4.50. The van der Waals surface area contributed by atoms with Gasteiger partial charge in [0.1, 0.15) is 4.32 Å². The number of amides is 1. The van der Waals surface area contributed by atoms with Crippen LogP contribution in [0.15, 0.2) is 16.8 Å². The molecule has 7 atom stereocenters. The Hall–Kier alpha value is -1.74. The Morgan fingerprint density at radius 1 is 1.02 bits per heavy atom. The van der Waals surface area contributed by atoms with Crippen LogP contribution in [-0.4, -0.2) is 52.2 Å². The fraction of sp³-hybridized carbons (Fsp3) is 0.811. The maximum atomic E-state index is 13.5. The molecule has 3 unspecified atom stereocenters. The largest absolute Gasteiger partial charge is 0.469 e. The van der Waals surface area contributed by atoms with Crippen molar-refractivity contribution >= 4 is 51.9 Å². The Kier molecular flexibility index (Phi) is 8.47. The molecule has 4 saturated carbocycles. The number of thioether (sulfide) groups is 1. The Balaban J connectivity index is 1.24. The lowest BCUT2D eigenvalue weighted by molar-refractivity contribution is -0.181. The van der Waals surface area contributed by atoms with Crippen molar-refractivity contribution in [3.63, 3.8) is 0 Å². The summed E-state index contributed by atoms with van der Waals surface area (Å²) in [6.07, 6.45) is 12.8. The number of esters is 1. The van der Waals surface area contributed by atoms with Crippen molar-refractivity contribution in [3.8, 4) is 0 Å². The molecule has 5 fully saturated rings. The van der Waals surface area contributed by atoms with Gasteiger partial charge in [0.15, 0.2) is 0 Å². The molecule has 0 aromatic heterocycles. The number of thiocarbonyl (C=S) groups is 1. The van der Waals surface area contributed by atoms with Gasteiger partial charge in [0.05, 0.1) is 30.4 Å². The minimum Gasteiger partial charge on any atom is -0.469 e. The Morgan fingerprint density at radius 2 is 1.74 bits per heavy atom. The molecule has 1 saturated heterocycles. The number of fused-ring (bicyclic) bond motifs is 7. The third-order valence-electron chi connectivity index (χ3n) is 14.6. The van der Waals surface area contributed by atoms with Gasteiger partial charge in [-0.05, 0) is 104 Å². The van der Waals surface area contributed by atoms with Crippen LogP contribution in [0.5, 0.6) is 0 Å². The number of rotatable bonds is 5. The van der Waals surface area contributed by atoms with Crippen LogP contribution < -0.4 is 0 Å². The van der Waals surface area contributed by atoms with Crippen molar-refractivity contribution in [2.45, 2.75) is 119 Å². The second-order valence-electron chi connectivity index (χ2n) is 17.4.